The van der Waals surface area contributed by atoms with Crippen molar-refractivity contribution in [1.29, 1.82) is 0 Å². The summed E-state index contributed by atoms with van der Waals surface area (Å²) in [7, 11) is 0. The van der Waals surface area contributed by atoms with Crippen molar-refractivity contribution >= 4 is 34.0 Å². The van der Waals surface area contributed by atoms with Crippen LogP contribution in [0.25, 0.3) is 27.9 Å². The van der Waals surface area contributed by atoms with Crippen LogP contribution in [0.3, 0.4) is 0 Å². The number of carbonyl (C=O) groups excluding carboxylic acids is 1. The molecule has 0 amide bonds. The van der Waals surface area contributed by atoms with Gasteiger partial charge in [-0.2, -0.15) is 0 Å². The SMILES string of the molecule is CCC(C)OC(=O)c1c(N)n(-c2ccc(C)cc2)c2nc3ccccc3nc12. The summed E-state index contributed by atoms with van der Waals surface area (Å²) in [5.41, 5.74) is 11.1. The molecule has 28 heavy (non-hydrogen) atoms. The number of anilines is 1. The third-order valence-corrected chi connectivity index (χ3v) is 4.88. The minimum Gasteiger partial charge on any atom is -0.459 e. The predicted octanol–water partition coefficient (Wildman–Crippen LogP) is 4.42. The molecule has 0 radical (unpaired) electrons. The standard InChI is InChI=1S/C22H22N4O2/c1-4-14(3)28-22(27)18-19-21(25-17-8-6-5-7-16(17)24-19)26(20(18)23)15-11-9-13(2)10-12-15/h5-12,14H,4,23H2,1-3H3. The molecule has 142 valence electrons. The first kappa shape index (κ1) is 18.0. The molecular formula is C22H22N4O2. The molecule has 6 nitrogen and oxygen atoms in total. The maximum absolute atomic E-state index is 12.9. The molecule has 0 saturated carbocycles. The minimum absolute atomic E-state index is 0.210. The molecule has 2 heterocycles. The molecule has 0 bridgehead atoms. The number of nitrogen functional groups attached to an aromatic ring is 1. The number of hydrogen-bond acceptors (Lipinski definition) is 5. The molecule has 2 aromatic carbocycles. The zero-order valence-corrected chi connectivity index (χ0v) is 16.1. The third kappa shape index (κ3) is 2.97. The molecule has 0 aliphatic rings. The van der Waals surface area contributed by atoms with Crippen molar-refractivity contribution in [2.45, 2.75) is 33.3 Å². The molecule has 0 fully saturated rings. The van der Waals surface area contributed by atoms with Crippen molar-refractivity contribution in [3.63, 3.8) is 0 Å². The van der Waals surface area contributed by atoms with Crippen molar-refractivity contribution in [3.8, 4) is 5.69 Å². The van der Waals surface area contributed by atoms with E-state index in [-0.39, 0.29) is 17.5 Å². The van der Waals surface area contributed by atoms with E-state index in [4.69, 9.17) is 20.4 Å². The highest BCUT2D eigenvalue weighted by molar-refractivity contribution is 6.09. The smallest absolute Gasteiger partial charge is 0.344 e. The molecule has 2 N–H and O–H groups in total. The van der Waals surface area contributed by atoms with Crippen LogP contribution < -0.4 is 5.73 Å². The molecule has 0 aliphatic heterocycles. The lowest BCUT2D eigenvalue weighted by molar-refractivity contribution is 0.0338. The van der Waals surface area contributed by atoms with E-state index in [0.717, 1.165) is 23.2 Å². The van der Waals surface area contributed by atoms with E-state index in [1.165, 1.54) is 0 Å². The number of aryl methyl sites for hydroxylation is 1. The van der Waals surface area contributed by atoms with E-state index >= 15 is 0 Å². The average molecular weight is 374 g/mol. The molecule has 0 aliphatic carbocycles. The van der Waals surface area contributed by atoms with Crippen molar-refractivity contribution < 1.29 is 9.53 Å². The Morgan fingerprint density at radius 1 is 1.11 bits per heavy atom. The number of esters is 1. The second-order valence-electron chi connectivity index (χ2n) is 6.94. The summed E-state index contributed by atoms with van der Waals surface area (Å²) in [6.07, 6.45) is 0.509. The highest BCUT2D eigenvalue weighted by Crippen LogP contribution is 2.31. The van der Waals surface area contributed by atoms with Gasteiger partial charge in [0.05, 0.1) is 17.1 Å². The number of nitrogens with zero attached hydrogens (tertiary/aromatic N) is 3. The number of para-hydroxylation sites is 2. The first-order valence-electron chi connectivity index (χ1n) is 9.34. The van der Waals surface area contributed by atoms with Crippen molar-refractivity contribution in [2.24, 2.45) is 0 Å². The van der Waals surface area contributed by atoms with Crippen LogP contribution in [-0.4, -0.2) is 26.6 Å². The fourth-order valence-electron chi connectivity index (χ4n) is 3.14. The van der Waals surface area contributed by atoms with Crippen LogP contribution in [0.1, 0.15) is 36.2 Å². The number of carbonyl (C=O) groups is 1. The Kier molecular flexibility index (Phi) is 4.47. The lowest BCUT2D eigenvalue weighted by atomic mass is 10.2. The second kappa shape index (κ2) is 6.96. The molecular weight excluding hydrogens is 352 g/mol. The van der Waals surface area contributed by atoms with Gasteiger partial charge >= 0.3 is 5.97 Å². The first-order valence-corrected chi connectivity index (χ1v) is 9.34. The van der Waals surface area contributed by atoms with Crippen LogP contribution in [0, 0.1) is 6.92 Å². The molecule has 0 saturated heterocycles. The minimum atomic E-state index is -0.479. The normalized spacial score (nSPS) is 12.4. The summed E-state index contributed by atoms with van der Waals surface area (Å²) in [5.74, 6) is -0.199. The summed E-state index contributed by atoms with van der Waals surface area (Å²) in [4.78, 5) is 22.3. The summed E-state index contributed by atoms with van der Waals surface area (Å²) < 4.78 is 7.32. The van der Waals surface area contributed by atoms with Crippen LogP contribution in [0.5, 0.6) is 0 Å². The lowest BCUT2D eigenvalue weighted by Crippen LogP contribution is -2.15. The number of rotatable bonds is 4. The van der Waals surface area contributed by atoms with Gasteiger partial charge in [0.25, 0.3) is 0 Å². The summed E-state index contributed by atoms with van der Waals surface area (Å²) in [5, 5.41) is 0. The van der Waals surface area contributed by atoms with E-state index in [1.54, 1.807) is 4.57 Å². The van der Waals surface area contributed by atoms with Gasteiger partial charge in [-0.25, -0.2) is 14.8 Å². The summed E-state index contributed by atoms with van der Waals surface area (Å²) >= 11 is 0. The average Bonchev–Trinajstić information content (AvgIpc) is 2.97. The van der Waals surface area contributed by atoms with Gasteiger partial charge in [-0.05, 0) is 44.5 Å². The maximum Gasteiger partial charge on any atom is 0.344 e. The first-order chi connectivity index (χ1) is 13.5. The predicted molar refractivity (Wildman–Crippen MR) is 111 cm³/mol. The van der Waals surface area contributed by atoms with Gasteiger partial charge in [0.1, 0.15) is 16.9 Å². The summed E-state index contributed by atoms with van der Waals surface area (Å²) in [6.45, 7) is 5.83. The second-order valence-corrected chi connectivity index (χ2v) is 6.94. The molecule has 1 atom stereocenters. The Labute approximate surface area is 163 Å². The maximum atomic E-state index is 12.9. The van der Waals surface area contributed by atoms with Gasteiger partial charge in [0.2, 0.25) is 0 Å². The third-order valence-electron chi connectivity index (χ3n) is 4.88. The quantitative estimate of drug-likeness (QED) is 0.535. The fourth-order valence-corrected chi connectivity index (χ4v) is 3.14. The van der Waals surface area contributed by atoms with Crippen LogP contribution in [0.15, 0.2) is 48.5 Å². The van der Waals surface area contributed by atoms with E-state index in [2.05, 4.69) is 0 Å². The topological polar surface area (TPSA) is 83.0 Å². The Balaban J connectivity index is 2.02. The van der Waals surface area contributed by atoms with Gasteiger partial charge in [-0.1, -0.05) is 36.8 Å². The zero-order valence-electron chi connectivity index (χ0n) is 16.1. The van der Waals surface area contributed by atoms with E-state index in [0.29, 0.717) is 16.7 Å². The number of fused-ring (bicyclic) bond motifs is 2. The zero-order chi connectivity index (χ0) is 19.8. The van der Waals surface area contributed by atoms with E-state index in [9.17, 15) is 4.79 Å². The highest BCUT2D eigenvalue weighted by atomic mass is 16.5. The Morgan fingerprint density at radius 3 is 2.39 bits per heavy atom. The number of ether oxygens (including phenoxy) is 1. The van der Waals surface area contributed by atoms with E-state index in [1.807, 2.05) is 69.3 Å². The van der Waals surface area contributed by atoms with Gasteiger partial charge in [0, 0.05) is 5.69 Å². The number of nitrogens with two attached hydrogens (primary N) is 1. The van der Waals surface area contributed by atoms with Crippen LogP contribution >= 0.6 is 0 Å². The van der Waals surface area contributed by atoms with E-state index < -0.39 is 5.97 Å². The van der Waals surface area contributed by atoms with Gasteiger partial charge in [-0.15, -0.1) is 0 Å². The molecule has 4 aromatic rings. The molecule has 0 spiro atoms. The monoisotopic (exact) mass is 374 g/mol. The van der Waals surface area contributed by atoms with Crippen LogP contribution in [0.4, 0.5) is 5.82 Å². The van der Waals surface area contributed by atoms with Crippen molar-refractivity contribution in [3.05, 3.63) is 59.7 Å². The number of aromatic nitrogens is 3. The van der Waals surface area contributed by atoms with Gasteiger partial charge in [-0.3, -0.25) is 4.57 Å². The largest absolute Gasteiger partial charge is 0.459 e. The summed E-state index contributed by atoms with van der Waals surface area (Å²) in [6, 6.07) is 15.4. The van der Waals surface area contributed by atoms with Crippen molar-refractivity contribution in [2.75, 3.05) is 5.73 Å². The molecule has 6 heteroatoms. The van der Waals surface area contributed by atoms with Crippen LogP contribution in [-0.2, 0) is 4.74 Å². The Hall–Kier alpha value is -3.41. The van der Waals surface area contributed by atoms with Crippen molar-refractivity contribution in [1.82, 2.24) is 14.5 Å². The molecule has 2 aromatic heterocycles. The Morgan fingerprint density at radius 2 is 1.75 bits per heavy atom. The number of benzene rings is 2. The highest BCUT2D eigenvalue weighted by Gasteiger charge is 2.26. The Bertz CT molecular complexity index is 1180. The van der Waals surface area contributed by atoms with Gasteiger partial charge < -0.3 is 10.5 Å². The number of hydrogen-bond donors (Lipinski definition) is 1. The molecule has 4 rings (SSSR count). The van der Waals surface area contributed by atoms with Crippen LogP contribution in [0.2, 0.25) is 0 Å². The van der Waals surface area contributed by atoms with Gasteiger partial charge in [0.15, 0.2) is 5.65 Å². The lowest BCUT2D eigenvalue weighted by Gasteiger charge is -2.11. The molecule has 1 unspecified atom stereocenters. The fraction of sp³-hybridized carbons (Fsp3) is 0.227.